The first-order valence-corrected chi connectivity index (χ1v) is 5.70. The Morgan fingerprint density at radius 2 is 1.94 bits per heavy atom. The predicted octanol–water partition coefficient (Wildman–Crippen LogP) is 2.41. The number of aliphatic hydroxyl groups is 1. The van der Waals surface area contributed by atoms with Gasteiger partial charge in [0.05, 0.1) is 6.61 Å². The van der Waals surface area contributed by atoms with Crippen LogP contribution in [0.25, 0.3) is 0 Å². The van der Waals surface area contributed by atoms with E-state index >= 15 is 0 Å². The number of nitrogens with zero attached hydrogens (tertiary/aromatic N) is 1. The van der Waals surface area contributed by atoms with Gasteiger partial charge in [-0.2, -0.15) is 0 Å². The monoisotopic (exact) mass is 243 g/mol. The lowest BCUT2D eigenvalue weighted by Gasteiger charge is -2.29. The number of rotatable bonds is 5. The van der Waals surface area contributed by atoms with Gasteiger partial charge in [-0.1, -0.05) is 13.8 Å². The minimum Gasteiger partial charge on any atom is -0.395 e. The molecular weight excluding hydrogens is 224 g/mol. The van der Waals surface area contributed by atoms with Gasteiger partial charge in [-0.3, -0.25) is 4.90 Å². The average molecular weight is 243 g/mol. The Balaban J connectivity index is 2.79. The maximum Gasteiger partial charge on any atom is 0.127 e. The van der Waals surface area contributed by atoms with Crippen LogP contribution in [0.5, 0.6) is 0 Å². The molecule has 0 aromatic heterocycles. The fraction of sp³-hybridized carbons (Fsp3) is 0.538. The number of halogens is 2. The van der Waals surface area contributed by atoms with E-state index in [0.717, 1.165) is 12.1 Å². The van der Waals surface area contributed by atoms with Crippen molar-refractivity contribution in [3.8, 4) is 0 Å². The molecule has 0 aliphatic heterocycles. The Hall–Kier alpha value is -1.00. The highest BCUT2D eigenvalue weighted by Gasteiger charge is 2.18. The number of hydrogen-bond acceptors (Lipinski definition) is 2. The van der Waals surface area contributed by atoms with Crippen LogP contribution in [0.1, 0.15) is 19.4 Å². The van der Waals surface area contributed by atoms with Crippen LogP contribution in [0, 0.1) is 17.6 Å². The Labute approximate surface area is 101 Å². The smallest absolute Gasteiger partial charge is 0.127 e. The summed E-state index contributed by atoms with van der Waals surface area (Å²) in [5.74, 6) is -0.611. The van der Waals surface area contributed by atoms with Crippen molar-refractivity contribution in [1.82, 2.24) is 4.90 Å². The summed E-state index contributed by atoms with van der Waals surface area (Å²) in [6.07, 6.45) is 0. The maximum atomic E-state index is 13.4. The van der Waals surface area contributed by atoms with Gasteiger partial charge in [0.25, 0.3) is 0 Å². The third kappa shape index (κ3) is 3.75. The SMILES string of the molecule is CC(C)C(CO)N(C)Cc1cc(F)ccc1F. The number of hydrogen-bond donors (Lipinski definition) is 1. The summed E-state index contributed by atoms with van der Waals surface area (Å²) in [6.45, 7) is 4.26. The van der Waals surface area contributed by atoms with Gasteiger partial charge in [0.1, 0.15) is 11.6 Å². The van der Waals surface area contributed by atoms with Crippen LogP contribution in [0.4, 0.5) is 8.78 Å². The highest BCUT2D eigenvalue weighted by molar-refractivity contribution is 5.18. The van der Waals surface area contributed by atoms with Gasteiger partial charge in [0.2, 0.25) is 0 Å². The first kappa shape index (κ1) is 14.1. The third-order valence-corrected chi connectivity index (χ3v) is 2.95. The van der Waals surface area contributed by atoms with E-state index in [9.17, 15) is 13.9 Å². The molecule has 0 radical (unpaired) electrons. The normalized spacial score (nSPS) is 13.4. The zero-order valence-electron chi connectivity index (χ0n) is 10.5. The van der Waals surface area contributed by atoms with Gasteiger partial charge in [-0.25, -0.2) is 8.78 Å². The van der Waals surface area contributed by atoms with Crippen LogP contribution in [0.3, 0.4) is 0 Å². The van der Waals surface area contributed by atoms with Crippen molar-refractivity contribution in [3.05, 3.63) is 35.4 Å². The zero-order chi connectivity index (χ0) is 13.0. The predicted molar refractivity (Wildman–Crippen MR) is 63.5 cm³/mol. The van der Waals surface area contributed by atoms with Crippen molar-refractivity contribution in [3.63, 3.8) is 0 Å². The first-order chi connectivity index (χ1) is 7.95. The summed E-state index contributed by atoms with van der Waals surface area (Å²) in [5, 5.41) is 9.26. The molecular formula is C13H19F2NO. The van der Waals surface area contributed by atoms with Gasteiger partial charge in [0.15, 0.2) is 0 Å². The van der Waals surface area contributed by atoms with Gasteiger partial charge < -0.3 is 5.11 Å². The minimum absolute atomic E-state index is 0.00506. The van der Waals surface area contributed by atoms with Gasteiger partial charge in [-0.05, 0) is 31.2 Å². The molecule has 0 saturated carbocycles. The van der Waals surface area contributed by atoms with E-state index in [1.807, 2.05) is 18.7 Å². The van der Waals surface area contributed by atoms with Crippen molar-refractivity contribution < 1.29 is 13.9 Å². The van der Waals surface area contributed by atoms with Crippen LogP contribution in [0.2, 0.25) is 0 Å². The van der Waals surface area contributed by atoms with Crippen LogP contribution in [-0.4, -0.2) is 29.7 Å². The Kier molecular flexibility index (Phi) is 5.02. The van der Waals surface area contributed by atoms with Crippen molar-refractivity contribution in [2.75, 3.05) is 13.7 Å². The molecule has 0 spiro atoms. The van der Waals surface area contributed by atoms with Crippen molar-refractivity contribution >= 4 is 0 Å². The molecule has 1 N–H and O–H groups in total. The summed E-state index contributed by atoms with van der Waals surface area (Å²) >= 11 is 0. The number of benzene rings is 1. The molecule has 0 amide bonds. The molecule has 17 heavy (non-hydrogen) atoms. The minimum atomic E-state index is -0.445. The first-order valence-electron chi connectivity index (χ1n) is 5.70. The quantitative estimate of drug-likeness (QED) is 0.858. The molecule has 1 unspecified atom stereocenters. The Morgan fingerprint density at radius 1 is 1.29 bits per heavy atom. The molecule has 0 aliphatic rings. The zero-order valence-corrected chi connectivity index (χ0v) is 10.5. The maximum absolute atomic E-state index is 13.4. The van der Waals surface area contributed by atoms with E-state index in [1.54, 1.807) is 7.05 Å². The molecule has 1 rings (SSSR count). The molecule has 0 saturated heterocycles. The summed E-state index contributed by atoms with van der Waals surface area (Å²) < 4.78 is 26.4. The highest BCUT2D eigenvalue weighted by atomic mass is 19.1. The molecule has 1 atom stereocenters. The second-order valence-electron chi connectivity index (χ2n) is 4.64. The van der Waals surface area contributed by atoms with Crippen molar-refractivity contribution in [1.29, 1.82) is 0 Å². The molecule has 96 valence electrons. The molecule has 0 heterocycles. The van der Waals surface area contributed by atoms with E-state index < -0.39 is 11.6 Å². The topological polar surface area (TPSA) is 23.5 Å². The third-order valence-electron chi connectivity index (χ3n) is 2.95. The van der Waals surface area contributed by atoms with E-state index in [2.05, 4.69) is 0 Å². The van der Waals surface area contributed by atoms with Crippen LogP contribution in [-0.2, 0) is 6.54 Å². The molecule has 0 fully saturated rings. The Morgan fingerprint density at radius 3 is 2.47 bits per heavy atom. The summed E-state index contributed by atoms with van der Waals surface area (Å²) in [4.78, 5) is 1.84. The highest BCUT2D eigenvalue weighted by Crippen LogP contribution is 2.16. The fourth-order valence-electron chi connectivity index (χ4n) is 1.91. The van der Waals surface area contributed by atoms with Crippen LogP contribution in [0.15, 0.2) is 18.2 Å². The van der Waals surface area contributed by atoms with E-state index in [1.165, 1.54) is 6.07 Å². The van der Waals surface area contributed by atoms with E-state index in [0.29, 0.717) is 5.56 Å². The van der Waals surface area contributed by atoms with Gasteiger partial charge in [-0.15, -0.1) is 0 Å². The second-order valence-corrected chi connectivity index (χ2v) is 4.64. The number of aliphatic hydroxyl groups excluding tert-OH is 1. The fourth-order valence-corrected chi connectivity index (χ4v) is 1.91. The lowest BCUT2D eigenvalue weighted by atomic mass is 10.0. The van der Waals surface area contributed by atoms with Gasteiger partial charge >= 0.3 is 0 Å². The van der Waals surface area contributed by atoms with E-state index in [-0.39, 0.29) is 25.1 Å². The van der Waals surface area contributed by atoms with Crippen LogP contribution >= 0.6 is 0 Å². The van der Waals surface area contributed by atoms with Crippen molar-refractivity contribution in [2.45, 2.75) is 26.4 Å². The summed E-state index contributed by atoms with van der Waals surface area (Å²) in [6, 6.07) is 3.37. The summed E-state index contributed by atoms with van der Waals surface area (Å²) in [7, 11) is 1.80. The lowest BCUT2D eigenvalue weighted by molar-refractivity contribution is 0.107. The second kappa shape index (κ2) is 6.07. The van der Waals surface area contributed by atoms with Crippen molar-refractivity contribution in [2.24, 2.45) is 5.92 Å². The lowest BCUT2D eigenvalue weighted by Crippen LogP contribution is -2.38. The molecule has 4 heteroatoms. The average Bonchev–Trinajstić information content (AvgIpc) is 2.24. The van der Waals surface area contributed by atoms with E-state index in [4.69, 9.17) is 0 Å². The molecule has 2 nitrogen and oxygen atoms in total. The summed E-state index contributed by atoms with van der Waals surface area (Å²) in [5.41, 5.74) is 0.312. The van der Waals surface area contributed by atoms with Gasteiger partial charge in [0, 0.05) is 18.2 Å². The Bertz CT molecular complexity index is 368. The number of likely N-dealkylation sites (N-methyl/N-ethyl adjacent to an activating group) is 1. The molecule has 0 bridgehead atoms. The molecule has 0 aliphatic carbocycles. The largest absolute Gasteiger partial charge is 0.395 e. The standard InChI is InChI=1S/C13H19F2NO/c1-9(2)13(8-17)16(3)7-10-6-11(14)4-5-12(10)15/h4-6,9,13,17H,7-8H2,1-3H3. The van der Waals surface area contributed by atoms with Crippen LogP contribution < -0.4 is 0 Å². The molecule has 1 aromatic carbocycles. The molecule has 1 aromatic rings.